The van der Waals surface area contributed by atoms with Gasteiger partial charge in [0.25, 0.3) is 0 Å². The summed E-state index contributed by atoms with van der Waals surface area (Å²) in [6, 6.07) is 8.53. The maximum Gasteiger partial charge on any atom is 0.128 e. The second kappa shape index (κ2) is 5.34. The lowest BCUT2D eigenvalue weighted by Gasteiger charge is -2.24. The maximum absolute atomic E-state index is 4.49. The minimum atomic E-state index is 0.875. The molecule has 0 aliphatic carbocycles. The first-order valence-corrected chi connectivity index (χ1v) is 6.96. The fourth-order valence-corrected chi connectivity index (χ4v) is 2.63. The number of hydrogen-bond donors (Lipinski definition) is 1. The zero-order valence-electron chi connectivity index (χ0n) is 11.3. The van der Waals surface area contributed by atoms with Gasteiger partial charge in [0.15, 0.2) is 0 Å². The second-order valence-corrected chi connectivity index (χ2v) is 4.85. The highest BCUT2D eigenvalue weighted by Crippen LogP contribution is 2.28. The molecule has 0 fully saturated rings. The second-order valence-electron chi connectivity index (χ2n) is 4.85. The summed E-state index contributed by atoms with van der Waals surface area (Å²) >= 11 is 0. The van der Waals surface area contributed by atoms with Gasteiger partial charge in [-0.2, -0.15) is 0 Å². The molecule has 4 heteroatoms. The van der Waals surface area contributed by atoms with Crippen LogP contribution in [0.3, 0.4) is 0 Å². The van der Waals surface area contributed by atoms with Crippen molar-refractivity contribution in [1.29, 1.82) is 0 Å². The maximum atomic E-state index is 4.49. The molecule has 1 aliphatic heterocycles. The predicted octanol–water partition coefficient (Wildman–Crippen LogP) is 2.73. The Kier molecular flexibility index (Phi) is 3.40. The molecule has 0 atom stereocenters. The smallest absolute Gasteiger partial charge is 0.128 e. The van der Waals surface area contributed by atoms with Gasteiger partial charge in [-0.25, -0.2) is 4.98 Å². The summed E-state index contributed by atoms with van der Waals surface area (Å²) in [5.74, 6) is 1.14. The van der Waals surface area contributed by atoms with Crippen molar-refractivity contribution < 1.29 is 0 Å². The van der Waals surface area contributed by atoms with E-state index in [4.69, 9.17) is 0 Å². The largest absolute Gasteiger partial charge is 0.383 e. The number of hydrogen-bond acceptors (Lipinski definition) is 3. The van der Waals surface area contributed by atoms with Crippen LogP contribution in [0, 0.1) is 0 Å². The number of para-hydroxylation sites is 2. The van der Waals surface area contributed by atoms with Gasteiger partial charge in [0.2, 0.25) is 0 Å². The number of nitrogens with zero attached hydrogens (tertiary/aromatic N) is 3. The molecule has 1 aliphatic rings. The van der Waals surface area contributed by atoms with Gasteiger partial charge in [-0.05, 0) is 25.5 Å². The third-order valence-electron chi connectivity index (χ3n) is 3.64. The lowest BCUT2D eigenvalue weighted by molar-refractivity contribution is 0.660. The zero-order valence-corrected chi connectivity index (χ0v) is 11.3. The number of rotatable bonds is 3. The molecule has 4 nitrogen and oxygen atoms in total. The van der Waals surface area contributed by atoms with Gasteiger partial charge in [-0.3, -0.25) is 0 Å². The Labute approximate surface area is 114 Å². The molecule has 0 bridgehead atoms. The third kappa shape index (κ3) is 2.43. The van der Waals surface area contributed by atoms with E-state index in [1.807, 2.05) is 6.20 Å². The Balaban J connectivity index is 1.88. The van der Waals surface area contributed by atoms with E-state index in [2.05, 4.69) is 57.2 Å². The minimum Gasteiger partial charge on any atom is -0.383 e. The molecule has 0 amide bonds. The summed E-state index contributed by atoms with van der Waals surface area (Å²) in [4.78, 5) is 6.91. The summed E-state index contributed by atoms with van der Waals surface area (Å²) in [5.41, 5.74) is 2.51. The summed E-state index contributed by atoms with van der Waals surface area (Å²) in [5, 5.41) is 3.49. The van der Waals surface area contributed by atoms with Crippen LogP contribution in [0.5, 0.6) is 0 Å². The minimum absolute atomic E-state index is 0.875. The molecule has 0 saturated carbocycles. The van der Waals surface area contributed by atoms with Gasteiger partial charge in [-0.15, -0.1) is 0 Å². The van der Waals surface area contributed by atoms with Crippen LogP contribution in [0.4, 0.5) is 11.4 Å². The van der Waals surface area contributed by atoms with Crippen molar-refractivity contribution in [3.05, 3.63) is 42.5 Å². The Morgan fingerprint density at radius 3 is 3.11 bits per heavy atom. The van der Waals surface area contributed by atoms with Crippen LogP contribution in [0.2, 0.25) is 0 Å². The molecule has 2 aromatic rings. The molecule has 1 N–H and O–H groups in total. The summed E-state index contributed by atoms with van der Waals surface area (Å²) in [6.07, 6.45) is 5.10. The molecule has 3 rings (SSSR count). The summed E-state index contributed by atoms with van der Waals surface area (Å²) < 4.78 is 2.21. The van der Waals surface area contributed by atoms with Crippen molar-refractivity contribution in [1.82, 2.24) is 9.55 Å². The molecule has 100 valence electrons. The Hall–Kier alpha value is -1.97. The summed E-state index contributed by atoms with van der Waals surface area (Å²) in [7, 11) is 0. The Morgan fingerprint density at radius 2 is 2.21 bits per heavy atom. The van der Waals surface area contributed by atoms with Crippen LogP contribution in [-0.2, 0) is 13.1 Å². The van der Waals surface area contributed by atoms with Crippen molar-refractivity contribution in [2.45, 2.75) is 26.4 Å². The lowest BCUT2D eigenvalue weighted by atomic mass is 10.2. The first-order chi connectivity index (χ1) is 9.38. The highest BCUT2D eigenvalue weighted by Gasteiger charge is 2.16. The van der Waals surface area contributed by atoms with Crippen LogP contribution >= 0.6 is 0 Å². The van der Waals surface area contributed by atoms with Gasteiger partial charge < -0.3 is 14.8 Å². The average molecular weight is 256 g/mol. The van der Waals surface area contributed by atoms with E-state index in [9.17, 15) is 0 Å². The van der Waals surface area contributed by atoms with Crippen molar-refractivity contribution in [3.63, 3.8) is 0 Å². The van der Waals surface area contributed by atoms with E-state index in [1.165, 1.54) is 11.4 Å². The molecule has 1 aromatic heterocycles. The van der Waals surface area contributed by atoms with E-state index in [-0.39, 0.29) is 0 Å². The molecule has 0 saturated heterocycles. The van der Waals surface area contributed by atoms with Crippen LogP contribution < -0.4 is 10.2 Å². The number of nitrogens with one attached hydrogen (secondary N) is 1. The first-order valence-electron chi connectivity index (χ1n) is 6.96. The molecule has 0 radical (unpaired) electrons. The molecular formula is C15H20N4. The van der Waals surface area contributed by atoms with E-state index in [0.29, 0.717) is 0 Å². The molecule has 0 unspecified atom stereocenters. The van der Waals surface area contributed by atoms with Gasteiger partial charge in [0.05, 0.1) is 17.9 Å². The Bertz CT molecular complexity index is 547. The van der Waals surface area contributed by atoms with Gasteiger partial charge in [-0.1, -0.05) is 12.1 Å². The number of benzene rings is 1. The van der Waals surface area contributed by atoms with Gasteiger partial charge in [0.1, 0.15) is 5.82 Å². The van der Waals surface area contributed by atoms with Gasteiger partial charge in [0, 0.05) is 32.0 Å². The average Bonchev–Trinajstić information content (AvgIpc) is 2.80. The monoisotopic (exact) mass is 256 g/mol. The Morgan fingerprint density at radius 1 is 1.32 bits per heavy atom. The van der Waals surface area contributed by atoms with Crippen LogP contribution in [-0.4, -0.2) is 22.6 Å². The zero-order chi connectivity index (χ0) is 13.1. The quantitative estimate of drug-likeness (QED) is 0.916. The van der Waals surface area contributed by atoms with Crippen molar-refractivity contribution in [2.24, 2.45) is 0 Å². The highest BCUT2D eigenvalue weighted by atomic mass is 15.2. The number of aryl methyl sites for hydroxylation is 1. The molecular weight excluding hydrogens is 236 g/mol. The van der Waals surface area contributed by atoms with Crippen molar-refractivity contribution in [3.8, 4) is 0 Å². The van der Waals surface area contributed by atoms with Crippen LogP contribution in [0.25, 0.3) is 0 Å². The summed E-state index contributed by atoms with van der Waals surface area (Å²) in [6.45, 7) is 6.11. The number of anilines is 2. The standard InChI is InChI=1S/C15H20N4/c1-2-18-11-9-17-15(18)12-19-10-5-8-16-13-6-3-4-7-14(13)19/h3-4,6-7,9,11,16H,2,5,8,10,12H2,1H3. The van der Waals surface area contributed by atoms with Crippen molar-refractivity contribution >= 4 is 11.4 Å². The molecule has 0 spiro atoms. The van der Waals surface area contributed by atoms with E-state index in [0.717, 1.165) is 38.4 Å². The third-order valence-corrected chi connectivity index (χ3v) is 3.64. The predicted molar refractivity (Wildman–Crippen MR) is 78.5 cm³/mol. The number of imidazole rings is 1. The van der Waals surface area contributed by atoms with Crippen LogP contribution in [0.1, 0.15) is 19.2 Å². The molecule has 2 heterocycles. The number of aromatic nitrogens is 2. The molecule has 19 heavy (non-hydrogen) atoms. The normalized spacial score (nSPS) is 14.7. The van der Waals surface area contributed by atoms with E-state index < -0.39 is 0 Å². The van der Waals surface area contributed by atoms with E-state index >= 15 is 0 Å². The lowest BCUT2D eigenvalue weighted by Crippen LogP contribution is -2.25. The SMILES string of the molecule is CCn1ccnc1CN1CCCNc2ccccc21. The molecule has 1 aromatic carbocycles. The van der Waals surface area contributed by atoms with Gasteiger partial charge >= 0.3 is 0 Å². The highest BCUT2D eigenvalue weighted by molar-refractivity contribution is 5.70. The van der Waals surface area contributed by atoms with E-state index in [1.54, 1.807) is 0 Å². The first kappa shape index (κ1) is 12.1. The van der Waals surface area contributed by atoms with Crippen LogP contribution in [0.15, 0.2) is 36.7 Å². The topological polar surface area (TPSA) is 33.1 Å². The fourth-order valence-electron chi connectivity index (χ4n) is 2.63. The van der Waals surface area contributed by atoms with Crippen molar-refractivity contribution in [2.75, 3.05) is 23.3 Å². The fraction of sp³-hybridized carbons (Fsp3) is 0.400. The number of fused-ring (bicyclic) bond motifs is 1.